The molecule has 0 saturated carbocycles. The Morgan fingerprint density at radius 3 is 2.44 bits per heavy atom. The Bertz CT molecular complexity index is 340. The van der Waals surface area contributed by atoms with Gasteiger partial charge >= 0.3 is 0 Å². The number of aryl methyl sites for hydroxylation is 2. The summed E-state index contributed by atoms with van der Waals surface area (Å²) in [6.07, 6.45) is 4.95. The molecular weight excluding hydrogens is 240 g/mol. The summed E-state index contributed by atoms with van der Waals surface area (Å²) in [6, 6.07) is 0.576. The van der Waals surface area contributed by atoms with Gasteiger partial charge < -0.3 is 5.32 Å². The molecule has 0 atom stereocenters. The van der Waals surface area contributed by atoms with Crippen LogP contribution in [-0.2, 0) is 6.42 Å². The molecule has 3 heteroatoms. The van der Waals surface area contributed by atoms with E-state index in [1.54, 1.807) is 11.3 Å². The van der Waals surface area contributed by atoms with E-state index in [-0.39, 0.29) is 0 Å². The van der Waals surface area contributed by atoms with Crippen molar-refractivity contribution in [2.45, 2.75) is 66.3 Å². The van der Waals surface area contributed by atoms with Gasteiger partial charge in [0, 0.05) is 17.5 Å². The summed E-state index contributed by atoms with van der Waals surface area (Å²) in [6.45, 7) is 12.4. The van der Waals surface area contributed by atoms with E-state index in [2.05, 4.69) is 44.9 Å². The van der Waals surface area contributed by atoms with Crippen LogP contribution in [0.3, 0.4) is 0 Å². The van der Waals surface area contributed by atoms with Crippen molar-refractivity contribution in [2.75, 3.05) is 6.54 Å². The Kier molecular flexibility index (Phi) is 6.30. The van der Waals surface area contributed by atoms with Gasteiger partial charge in [-0.25, -0.2) is 4.98 Å². The Hall–Kier alpha value is -0.410. The quantitative estimate of drug-likeness (QED) is 0.764. The van der Waals surface area contributed by atoms with Gasteiger partial charge in [-0.05, 0) is 38.0 Å². The minimum absolute atomic E-state index is 0.445. The lowest BCUT2D eigenvalue weighted by Gasteiger charge is -2.33. The monoisotopic (exact) mass is 268 g/mol. The first-order valence-corrected chi connectivity index (χ1v) is 8.03. The van der Waals surface area contributed by atoms with E-state index in [0.717, 1.165) is 6.54 Å². The van der Waals surface area contributed by atoms with Crippen LogP contribution in [0.25, 0.3) is 0 Å². The van der Waals surface area contributed by atoms with Crippen LogP contribution in [0.5, 0.6) is 0 Å². The van der Waals surface area contributed by atoms with Crippen LogP contribution in [-0.4, -0.2) is 17.6 Å². The van der Waals surface area contributed by atoms with Gasteiger partial charge in [-0.1, -0.05) is 27.7 Å². The van der Waals surface area contributed by atoms with Crippen LogP contribution in [0.2, 0.25) is 0 Å². The van der Waals surface area contributed by atoms with Gasteiger partial charge in [0.2, 0.25) is 0 Å². The van der Waals surface area contributed by atoms with Crippen LogP contribution in [0.1, 0.15) is 57.5 Å². The van der Waals surface area contributed by atoms with E-state index < -0.39 is 0 Å². The molecule has 0 aliphatic rings. The molecule has 0 saturated heterocycles. The third-order valence-electron chi connectivity index (χ3n) is 4.11. The Morgan fingerprint density at radius 1 is 1.33 bits per heavy atom. The van der Waals surface area contributed by atoms with Gasteiger partial charge in [0.1, 0.15) is 0 Å². The zero-order valence-corrected chi connectivity index (χ0v) is 13.4. The third-order valence-corrected chi connectivity index (χ3v) is 5.11. The Morgan fingerprint density at radius 2 is 2.00 bits per heavy atom. The van der Waals surface area contributed by atoms with Crippen LogP contribution < -0.4 is 5.32 Å². The molecule has 0 amide bonds. The highest BCUT2D eigenvalue weighted by Gasteiger charge is 2.26. The van der Waals surface area contributed by atoms with E-state index >= 15 is 0 Å². The van der Waals surface area contributed by atoms with Crippen molar-refractivity contribution in [3.05, 3.63) is 16.1 Å². The smallest absolute Gasteiger partial charge is 0.0797 e. The second kappa shape index (κ2) is 7.25. The molecule has 0 aromatic carbocycles. The molecule has 0 aliphatic carbocycles. The number of nitrogens with zero attached hydrogens (tertiary/aromatic N) is 1. The second-order valence-corrected chi connectivity index (χ2v) is 6.54. The van der Waals surface area contributed by atoms with E-state index in [1.807, 2.05) is 5.51 Å². The topological polar surface area (TPSA) is 24.9 Å². The number of rotatable bonds is 8. The van der Waals surface area contributed by atoms with Crippen LogP contribution in [0.4, 0.5) is 0 Å². The molecule has 1 rings (SSSR count). The average Bonchev–Trinajstić information content (AvgIpc) is 2.76. The molecular formula is C15H28N2S. The normalized spacial score (nSPS) is 12.3. The summed E-state index contributed by atoms with van der Waals surface area (Å²) in [5.41, 5.74) is 3.63. The summed E-state index contributed by atoms with van der Waals surface area (Å²) in [5, 5.41) is 3.62. The van der Waals surface area contributed by atoms with Crippen molar-refractivity contribution >= 4 is 11.3 Å². The number of thiazole rings is 1. The van der Waals surface area contributed by atoms with Gasteiger partial charge in [0.15, 0.2) is 0 Å². The SMILES string of the molecule is CCC(CC)(CCc1scnc1C)CNC(C)C. The van der Waals surface area contributed by atoms with Gasteiger partial charge in [-0.2, -0.15) is 0 Å². The van der Waals surface area contributed by atoms with E-state index in [1.165, 1.54) is 36.3 Å². The fourth-order valence-corrected chi connectivity index (χ4v) is 3.09. The number of aromatic nitrogens is 1. The molecule has 0 bridgehead atoms. The summed E-state index contributed by atoms with van der Waals surface area (Å²) >= 11 is 1.80. The summed E-state index contributed by atoms with van der Waals surface area (Å²) in [7, 11) is 0. The molecule has 2 nitrogen and oxygen atoms in total. The zero-order valence-electron chi connectivity index (χ0n) is 12.5. The molecule has 1 aromatic rings. The first-order chi connectivity index (χ1) is 8.53. The summed E-state index contributed by atoms with van der Waals surface area (Å²) < 4.78 is 0. The lowest BCUT2D eigenvalue weighted by molar-refractivity contribution is 0.222. The fraction of sp³-hybridized carbons (Fsp3) is 0.800. The predicted molar refractivity (Wildman–Crippen MR) is 81.3 cm³/mol. The Balaban J connectivity index is 2.59. The summed E-state index contributed by atoms with van der Waals surface area (Å²) in [5.74, 6) is 0. The van der Waals surface area contributed by atoms with Crippen molar-refractivity contribution in [1.29, 1.82) is 0 Å². The maximum Gasteiger partial charge on any atom is 0.0797 e. The molecule has 18 heavy (non-hydrogen) atoms. The zero-order chi connectivity index (χ0) is 13.6. The van der Waals surface area contributed by atoms with Gasteiger partial charge in [-0.3, -0.25) is 0 Å². The number of hydrogen-bond donors (Lipinski definition) is 1. The van der Waals surface area contributed by atoms with Gasteiger partial charge in [0.05, 0.1) is 11.2 Å². The minimum Gasteiger partial charge on any atom is -0.314 e. The van der Waals surface area contributed by atoms with Crippen LogP contribution in [0.15, 0.2) is 5.51 Å². The third kappa shape index (κ3) is 4.36. The molecule has 104 valence electrons. The van der Waals surface area contributed by atoms with Crippen molar-refractivity contribution in [2.24, 2.45) is 5.41 Å². The first kappa shape index (κ1) is 15.6. The van der Waals surface area contributed by atoms with Crippen molar-refractivity contribution in [1.82, 2.24) is 10.3 Å². The predicted octanol–water partition coefficient (Wildman–Crippen LogP) is 4.19. The van der Waals surface area contributed by atoms with E-state index in [4.69, 9.17) is 0 Å². The number of hydrogen-bond acceptors (Lipinski definition) is 3. The fourth-order valence-electron chi connectivity index (χ4n) is 2.31. The van der Waals surface area contributed by atoms with Crippen molar-refractivity contribution in [3.63, 3.8) is 0 Å². The molecule has 1 N–H and O–H groups in total. The second-order valence-electron chi connectivity index (χ2n) is 5.60. The average molecular weight is 268 g/mol. The molecule has 1 heterocycles. The first-order valence-electron chi connectivity index (χ1n) is 7.15. The highest BCUT2D eigenvalue weighted by Crippen LogP contribution is 2.32. The highest BCUT2D eigenvalue weighted by atomic mass is 32.1. The maximum absolute atomic E-state index is 4.35. The molecule has 0 fully saturated rings. The number of nitrogens with one attached hydrogen (secondary N) is 1. The molecule has 1 aromatic heterocycles. The lowest BCUT2D eigenvalue weighted by atomic mass is 9.77. The molecule has 0 spiro atoms. The largest absolute Gasteiger partial charge is 0.314 e. The lowest BCUT2D eigenvalue weighted by Crippen LogP contribution is -2.37. The van der Waals surface area contributed by atoms with Gasteiger partial charge in [0.25, 0.3) is 0 Å². The van der Waals surface area contributed by atoms with E-state index in [0.29, 0.717) is 11.5 Å². The molecule has 0 aliphatic heterocycles. The van der Waals surface area contributed by atoms with Crippen LogP contribution >= 0.6 is 11.3 Å². The van der Waals surface area contributed by atoms with Crippen molar-refractivity contribution in [3.8, 4) is 0 Å². The minimum atomic E-state index is 0.445. The summed E-state index contributed by atoms with van der Waals surface area (Å²) in [4.78, 5) is 5.81. The van der Waals surface area contributed by atoms with Crippen LogP contribution in [0, 0.1) is 12.3 Å². The van der Waals surface area contributed by atoms with Crippen molar-refractivity contribution < 1.29 is 0 Å². The van der Waals surface area contributed by atoms with E-state index in [9.17, 15) is 0 Å². The Labute approximate surface area is 116 Å². The maximum atomic E-state index is 4.35. The standard InChI is InChI=1S/C15H28N2S/c1-6-15(7-2,10-16-12(3)4)9-8-14-13(5)17-11-18-14/h11-12,16H,6-10H2,1-5H3. The molecule has 0 unspecified atom stereocenters. The molecule has 0 radical (unpaired) electrons. The highest BCUT2D eigenvalue weighted by molar-refractivity contribution is 7.09. The van der Waals surface area contributed by atoms with Gasteiger partial charge in [-0.15, -0.1) is 11.3 Å².